The Morgan fingerprint density at radius 1 is 1.12 bits per heavy atom. The third-order valence-electron chi connectivity index (χ3n) is 4.92. The number of amides is 1. The lowest BCUT2D eigenvalue weighted by Crippen LogP contribution is -2.43. The van der Waals surface area contributed by atoms with Crippen LogP contribution in [0.4, 0.5) is 11.5 Å². The molecule has 0 aliphatic heterocycles. The predicted octanol–water partition coefficient (Wildman–Crippen LogP) is 1.54. The fourth-order valence-corrected chi connectivity index (χ4v) is 3.29. The van der Waals surface area contributed by atoms with E-state index in [-0.39, 0.29) is 35.9 Å². The van der Waals surface area contributed by atoms with E-state index in [1.54, 1.807) is 12.1 Å². The maximum Gasteiger partial charge on any atom is 0.342 e. The number of esters is 1. The van der Waals surface area contributed by atoms with Gasteiger partial charge in [0, 0.05) is 13.1 Å². The van der Waals surface area contributed by atoms with Crippen molar-refractivity contribution in [1.29, 1.82) is 0 Å². The third kappa shape index (κ3) is 5.73. The number of H-pyrrole nitrogens is 1. The first-order valence-corrected chi connectivity index (χ1v) is 10.6. The highest BCUT2D eigenvalue weighted by Gasteiger charge is 2.26. The smallest absolute Gasteiger partial charge is 0.342 e. The SMILES string of the molecule is CCCCN(C(=O)COC(=O)c1cccc(OC)c1OC)c1c(N)n(CCC)c(=O)[nH]c1=O. The summed E-state index contributed by atoms with van der Waals surface area (Å²) in [6.45, 7) is 3.56. The number of anilines is 2. The number of unbranched alkanes of at least 4 members (excludes halogenated alkanes) is 1. The van der Waals surface area contributed by atoms with E-state index in [4.69, 9.17) is 19.9 Å². The van der Waals surface area contributed by atoms with Crippen LogP contribution in [0.3, 0.4) is 0 Å². The second kappa shape index (κ2) is 11.7. The number of carbonyl (C=O) groups is 2. The summed E-state index contributed by atoms with van der Waals surface area (Å²) < 4.78 is 16.8. The van der Waals surface area contributed by atoms with Crippen LogP contribution in [-0.4, -0.2) is 48.8 Å². The third-order valence-corrected chi connectivity index (χ3v) is 4.92. The molecule has 1 aromatic heterocycles. The molecule has 0 aliphatic rings. The number of aromatic nitrogens is 2. The highest BCUT2D eigenvalue weighted by Crippen LogP contribution is 2.31. The van der Waals surface area contributed by atoms with Crippen LogP contribution >= 0.6 is 0 Å². The second-order valence-electron chi connectivity index (χ2n) is 7.16. The van der Waals surface area contributed by atoms with Crippen LogP contribution in [0.1, 0.15) is 43.5 Å². The van der Waals surface area contributed by atoms with Gasteiger partial charge in [0.25, 0.3) is 11.5 Å². The van der Waals surface area contributed by atoms with E-state index in [0.717, 1.165) is 11.3 Å². The van der Waals surface area contributed by atoms with Crippen LogP contribution < -0.4 is 31.4 Å². The Hall–Kier alpha value is -3.76. The van der Waals surface area contributed by atoms with Crippen LogP contribution in [0.25, 0.3) is 0 Å². The lowest BCUT2D eigenvalue weighted by atomic mass is 10.2. The number of nitrogens with one attached hydrogen (secondary N) is 1. The number of methoxy groups -OCH3 is 2. The number of carbonyl (C=O) groups excluding carboxylic acids is 2. The highest BCUT2D eigenvalue weighted by molar-refractivity contribution is 5.99. The number of hydrogen-bond acceptors (Lipinski definition) is 8. The molecule has 1 heterocycles. The standard InChI is InChI=1S/C22H30N4O7/c1-5-7-12-25(17-19(23)26(11-6-2)22(30)24-20(17)28)16(27)13-33-21(29)14-9-8-10-15(31-3)18(14)32-4/h8-10H,5-7,11-13,23H2,1-4H3,(H,24,28,30). The van der Waals surface area contributed by atoms with Gasteiger partial charge in [0.1, 0.15) is 11.4 Å². The van der Waals surface area contributed by atoms with Gasteiger partial charge in [-0.1, -0.05) is 26.3 Å². The van der Waals surface area contributed by atoms with Gasteiger partial charge in [0.05, 0.1) is 14.2 Å². The first-order valence-electron chi connectivity index (χ1n) is 10.6. The van der Waals surface area contributed by atoms with Crippen molar-refractivity contribution in [2.75, 3.05) is 38.0 Å². The van der Waals surface area contributed by atoms with E-state index < -0.39 is 29.7 Å². The van der Waals surface area contributed by atoms with Gasteiger partial charge in [0.2, 0.25) is 0 Å². The molecule has 33 heavy (non-hydrogen) atoms. The molecule has 0 unspecified atom stereocenters. The molecular weight excluding hydrogens is 432 g/mol. The van der Waals surface area contributed by atoms with E-state index in [2.05, 4.69) is 4.98 Å². The van der Waals surface area contributed by atoms with Gasteiger partial charge in [-0.05, 0) is 25.0 Å². The largest absolute Gasteiger partial charge is 0.493 e. The summed E-state index contributed by atoms with van der Waals surface area (Å²) in [5, 5.41) is 0. The maximum atomic E-state index is 13.0. The van der Waals surface area contributed by atoms with Crippen LogP contribution in [0.15, 0.2) is 27.8 Å². The van der Waals surface area contributed by atoms with Gasteiger partial charge < -0.3 is 24.8 Å². The molecule has 0 spiro atoms. The van der Waals surface area contributed by atoms with Gasteiger partial charge in [-0.3, -0.25) is 19.1 Å². The number of nitrogens with zero attached hydrogens (tertiary/aromatic N) is 2. The van der Waals surface area contributed by atoms with E-state index >= 15 is 0 Å². The minimum absolute atomic E-state index is 0.0821. The molecule has 0 saturated carbocycles. The minimum atomic E-state index is -0.799. The van der Waals surface area contributed by atoms with Crippen LogP contribution in [-0.2, 0) is 16.1 Å². The summed E-state index contributed by atoms with van der Waals surface area (Å²) >= 11 is 0. The summed E-state index contributed by atoms with van der Waals surface area (Å²) in [6, 6.07) is 4.68. The number of benzene rings is 1. The van der Waals surface area contributed by atoms with Crippen molar-refractivity contribution >= 4 is 23.4 Å². The van der Waals surface area contributed by atoms with Crippen LogP contribution in [0.2, 0.25) is 0 Å². The molecule has 3 N–H and O–H groups in total. The van der Waals surface area contributed by atoms with Crippen molar-refractivity contribution in [3.8, 4) is 11.5 Å². The van der Waals surface area contributed by atoms with Crippen molar-refractivity contribution in [3.05, 3.63) is 44.6 Å². The Balaban J connectivity index is 2.34. The number of para-hydroxylation sites is 1. The lowest BCUT2D eigenvalue weighted by Gasteiger charge is -2.24. The summed E-state index contributed by atoms with van der Waals surface area (Å²) in [5.74, 6) is -1.06. The highest BCUT2D eigenvalue weighted by atomic mass is 16.5. The van der Waals surface area contributed by atoms with Crippen molar-refractivity contribution in [1.82, 2.24) is 9.55 Å². The molecule has 11 heteroatoms. The Labute approximate surface area is 191 Å². The van der Waals surface area contributed by atoms with Crippen molar-refractivity contribution in [3.63, 3.8) is 0 Å². The number of rotatable bonds is 11. The van der Waals surface area contributed by atoms with Gasteiger partial charge in [-0.25, -0.2) is 9.59 Å². The first kappa shape index (κ1) is 25.5. The Bertz CT molecular complexity index is 1110. The zero-order chi connectivity index (χ0) is 24.5. The van der Waals surface area contributed by atoms with E-state index in [0.29, 0.717) is 18.6 Å². The van der Waals surface area contributed by atoms with Gasteiger partial charge in [-0.2, -0.15) is 0 Å². The van der Waals surface area contributed by atoms with Gasteiger partial charge in [0.15, 0.2) is 23.8 Å². The molecule has 0 atom stereocenters. The molecule has 180 valence electrons. The average Bonchev–Trinajstić information content (AvgIpc) is 2.81. The van der Waals surface area contributed by atoms with Crippen molar-refractivity contribution in [2.45, 2.75) is 39.7 Å². The molecule has 2 rings (SSSR count). The zero-order valence-corrected chi connectivity index (χ0v) is 19.3. The van der Waals surface area contributed by atoms with E-state index in [1.807, 2.05) is 13.8 Å². The van der Waals surface area contributed by atoms with Crippen LogP contribution in [0, 0.1) is 0 Å². The van der Waals surface area contributed by atoms with Gasteiger partial charge >= 0.3 is 11.7 Å². The fraction of sp³-hybridized carbons (Fsp3) is 0.455. The summed E-state index contributed by atoms with van der Waals surface area (Å²) in [6.07, 6.45) is 1.89. The Morgan fingerprint density at radius 2 is 1.85 bits per heavy atom. The number of nitrogens with two attached hydrogens (primary N) is 1. The summed E-state index contributed by atoms with van der Waals surface area (Å²) in [4.78, 5) is 53.7. The topological polar surface area (TPSA) is 146 Å². The molecule has 0 radical (unpaired) electrons. The average molecular weight is 463 g/mol. The fourth-order valence-electron chi connectivity index (χ4n) is 3.29. The molecule has 0 saturated heterocycles. The quantitative estimate of drug-likeness (QED) is 0.478. The molecule has 2 aromatic rings. The normalized spacial score (nSPS) is 10.5. The second-order valence-corrected chi connectivity index (χ2v) is 7.16. The summed E-state index contributed by atoms with van der Waals surface area (Å²) in [5.41, 5.74) is 4.62. The van der Waals surface area contributed by atoms with Crippen molar-refractivity contribution < 1.29 is 23.8 Å². The molecular formula is C22H30N4O7. The molecule has 1 aromatic carbocycles. The zero-order valence-electron chi connectivity index (χ0n) is 19.3. The maximum absolute atomic E-state index is 13.0. The monoisotopic (exact) mass is 462 g/mol. The number of nitrogen functional groups attached to an aromatic ring is 1. The van der Waals surface area contributed by atoms with E-state index in [9.17, 15) is 19.2 Å². The van der Waals surface area contributed by atoms with Gasteiger partial charge in [-0.15, -0.1) is 0 Å². The predicted molar refractivity (Wildman–Crippen MR) is 123 cm³/mol. The van der Waals surface area contributed by atoms with Crippen molar-refractivity contribution in [2.24, 2.45) is 0 Å². The Morgan fingerprint density at radius 3 is 2.45 bits per heavy atom. The number of ether oxygens (including phenoxy) is 3. The lowest BCUT2D eigenvalue weighted by molar-refractivity contribution is -0.121. The first-order chi connectivity index (χ1) is 15.8. The Kier molecular flexibility index (Phi) is 9.08. The summed E-state index contributed by atoms with van der Waals surface area (Å²) in [7, 11) is 2.81. The molecule has 0 fully saturated rings. The minimum Gasteiger partial charge on any atom is -0.493 e. The number of aromatic amines is 1. The molecule has 11 nitrogen and oxygen atoms in total. The molecule has 0 aliphatic carbocycles. The van der Waals surface area contributed by atoms with Crippen LogP contribution in [0.5, 0.6) is 11.5 Å². The molecule has 0 bridgehead atoms. The molecule has 1 amide bonds. The number of hydrogen-bond donors (Lipinski definition) is 2. The van der Waals surface area contributed by atoms with E-state index in [1.165, 1.54) is 24.9 Å².